The molecule has 0 aliphatic carbocycles. The van der Waals surface area contributed by atoms with Gasteiger partial charge >= 0.3 is 5.97 Å². The molecule has 0 saturated carbocycles. The minimum atomic E-state index is -1.01. The maximum atomic E-state index is 12.9. The number of hydrogen-bond donors (Lipinski definition) is 1. The van der Waals surface area contributed by atoms with Crippen LogP contribution in [0.4, 0.5) is 5.69 Å². The molecular formula is C20H16BrNO4S2. The minimum Gasteiger partial charge on any atom is -0.479 e. The summed E-state index contributed by atoms with van der Waals surface area (Å²) >= 11 is 10.1. The Kier molecular flexibility index (Phi) is 6.53. The number of para-hydroxylation sites is 1. The number of thioether (sulfide) groups is 1. The Hall–Kier alpha value is -2.16. The van der Waals surface area contributed by atoms with Crippen LogP contribution in [0.15, 0.2) is 57.9 Å². The Morgan fingerprint density at radius 1 is 1.32 bits per heavy atom. The summed E-state index contributed by atoms with van der Waals surface area (Å²) in [5, 5.41) is 9.15. The minimum absolute atomic E-state index is 0.204. The molecule has 1 aliphatic heterocycles. The van der Waals surface area contributed by atoms with Crippen LogP contribution < -0.4 is 9.64 Å². The maximum absolute atomic E-state index is 12.9. The molecule has 2 aromatic carbocycles. The average molecular weight is 478 g/mol. The number of benzene rings is 2. The highest BCUT2D eigenvalue weighted by Gasteiger charge is 2.34. The van der Waals surface area contributed by atoms with Crippen LogP contribution >= 0.6 is 39.9 Å². The zero-order chi connectivity index (χ0) is 20.3. The van der Waals surface area contributed by atoms with Crippen LogP contribution in [0.5, 0.6) is 5.75 Å². The fraction of sp³-hybridized carbons (Fsp3) is 0.150. The summed E-state index contributed by atoms with van der Waals surface area (Å²) in [6.45, 7) is 1.75. The van der Waals surface area contributed by atoms with Gasteiger partial charge in [0.2, 0.25) is 0 Å². The summed E-state index contributed by atoms with van der Waals surface area (Å²) in [6, 6.07) is 14.4. The number of nitrogens with zero attached hydrogens (tertiary/aromatic N) is 1. The molecule has 0 spiro atoms. The van der Waals surface area contributed by atoms with Gasteiger partial charge in [-0.25, -0.2) is 4.79 Å². The van der Waals surface area contributed by atoms with Crippen LogP contribution in [0.25, 0.3) is 6.08 Å². The summed E-state index contributed by atoms with van der Waals surface area (Å²) in [5.41, 5.74) is 1.42. The molecule has 2 aromatic rings. The highest BCUT2D eigenvalue weighted by molar-refractivity contribution is 9.10. The number of carbonyl (C=O) groups excluding carboxylic acids is 1. The van der Waals surface area contributed by atoms with Gasteiger partial charge in [-0.3, -0.25) is 9.69 Å². The fourth-order valence-corrected chi connectivity index (χ4v) is 4.36. The van der Waals surface area contributed by atoms with E-state index >= 15 is 0 Å². The number of carbonyl (C=O) groups is 2. The quantitative estimate of drug-likeness (QED) is 0.461. The van der Waals surface area contributed by atoms with E-state index in [9.17, 15) is 9.59 Å². The zero-order valence-electron chi connectivity index (χ0n) is 14.8. The number of amides is 1. The number of ether oxygens (including phenoxy) is 1. The second kappa shape index (κ2) is 8.89. The van der Waals surface area contributed by atoms with Crippen molar-refractivity contribution in [1.29, 1.82) is 0 Å². The van der Waals surface area contributed by atoms with Crippen molar-refractivity contribution in [3.63, 3.8) is 0 Å². The van der Waals surface area contributed by atoms with Crippen molar-refractivity contribution >= 4 is 67.9 Å². The highest BCUT2D eigenvalue weighted by atomic mass is 79.9. The molecule has 1 saturated heterocycles. The fourth-order valence-electron chi connectivity index (χ4n) is 2.61. The lowest BCUT2D eigenvalue weighted by Crippen LogP contribution is -2.27. The molecule has 0 radical (unpaired) electrons. The molecule has 0 bridgehead atoms. The predicted octanol–water partition coefficient (Wildman–Crippen LogP) is 5.10. The van der Waals surface area contributed by atoms with E-state index in [1.165, 1.54) is 16.7 Å². The van der Waals surface area contributed by atoms with E-state index in [1.807, 2.05) is 30.3 Å². The van der Waals surface area contributed by atoms with Gasteiger partial charge in [0.1, 0.15) is 5.75 Å². The Morgan fingerprint density at radius 3 is 2.75 bits per heavy atom. The van der Waals surface area contributed by atoms with Crippen LogP contribution in [0.2, 0.25) is 0 Å². The van der Waals surface area contributed by atoms with Gasteiger partial charge in [-0.15, -0.1) is 0 Å². The van der Waals surface area contributed by atoms with Crippen LogP contribution in [0, 0.1) is 0 Å². The van der Waals surface area contributed by atoms with Crippen molar-refractivity contribution in [3.8, 4) is 5.75 Å². The van der Waals surface area contributed by atoms with Gasteiger partial charge in [-0.05, 0) is 58.3 Å². The molecule has 8 heteroatoms. The Bertz CT molecular complexity index is 976. The van der Waals surface area contributed by atoms with E-state index in [2.05, 4.69) is 15.9 Å². The molecule has 28 heavy (non-hydrogen) atoms. The Balaban J connectivity index is 1.85. The molecular weight excluding hydrogens is 462 g/mol. The Morgan fingerprint density at radius 2 is 2.07 bits per heavy atom. The monoisotopic (exact) mass is 477 g/mol. The summed E-state index contributed by atoms with van der Waals surface area (Å²) in [5.74, 6) is -0.781. The van der Waals surface area contributed by atoms with Crippen molar-refractivity contribution in [2.45, 2.75) is 19.4 Å². The summed E-state index contributed by atoms with van der Waals surface area (Å²) in [7, 11) is 0. The van der Waals surface area contributed by atoms with Crippen molar-refractivity contribution < 1.29 is 19.4 Å². The number of thiocarbonyl (C=S) groups is 1. The third-order valence-corrected chi connectivity index (χ3v) is 5.94. The molecule has 3 rings (SSSR count). The third kappa shape index (κ3) is 4.45. The second-order valence-corrected chi connectivity index (χ2v) is 8.42. The number of halogens is 1. The number of carboxylic acid groups (broad SMARTS) is 1. The number of anilines is 1. The first kappa shape index (κ1) is 20.6. The molecule has 144 valence electrons. The van der Waals surface area contributed by atoms with Crippen molar-refractivity contribution in [3.05, 3.63) is 63.5 Å². The van der Waals surface area contributed by atoms with Crippen molar-refractivity contribution in [1.82, 2.24) is 0 Å². The lowest BCUT2D eigenvalue weighted by molar-refractivity contribution is -0.145. The topological polar surface area (TPSA) is 66.8 Å². The predicted molar refractivity (Wildman–Crippen MR) is 119 cm³/mol. The molecule has 1 amide bonds. The smallest absolute Gasteiger partial charge is 0.344 e. The van der Waals surface area contributed by atoms with Gasteiger partial charge in [-0.1, -0.05) is 55.2 Å². The van der Waals surface area contributed by atoms with Crippen molar-refractivity contribution in [2.75, 3.05) is 4.90 Å². The molecule has 1 atom stereocenters. The zero-order valence-corrected chi connectivity index (χ0v) is 18.0. The number of rotatable bonds is 6. The molecule has 0 aromatic heterocycles. The number of aliphatic carboxylic acids is 1. The van der Waals surface area contributed by atoms with E-state index < -0.39 is 12.1 Å². The first-order valence-electron chi connectivity index (χ1n) is 8.42. The molecule has 1 fully saturated rings. The van der Waals surface area contributed by atoms with Crippen LogP contribution in [0.3, 0.4) is 0 Å². The number of carboxylic acids is 1. The van der Waals surface area contributed by atoms with Gasteiger partial charge in [0.15, 0.2) is 10.4 Å². The summed E-state index contributed by atoms with van der Waals surface area (Å²) < 4.78 is 6.75. The van der Waals surface area contributed by atoms with Gasteiger partial charge in [-0.2, -0.15) is 0 Å². The van der Waals surface area contributed by atoms with Crippen molar-refractivity contribution in [2.24, 2.45) is 0 Å². The lowest BCUT2D eigenvalue weighted by atomic mass is 10.2. The summed E-state index contributed by atoms with van der Waals surface area (Å²) in [6.07, 6.45) is 1.17. The molecule has 1 N–H and O–H groups in total. The van der Waals surface area contributed by atoms with Gasteiger partial charge in [0, 0.05) is 4.47 Å². The largest absolute Gasteiger partial charge is 0.479 e. The van der Waals surface area contributed by atoms with Crippen LogP contribution in [-0.4, -0.2) is 27.4 Å². The molecule has 1 aliphatic rings. The lowest BCUT2D eigenvalue weighted by Gasteiger charge is -2.16. The second-order valence-electron chi connectivity index (χ2n) is 5.89. The SMILES string of the molecule is CCC(Oc1cccc(/C=C2/SC(=S)N(c3ccccc3Br)C2=O)c1)C(=O)O. The van der Waals surface area contributed by atoms with E-state index in [4.69, 9.17) is 22.1 Å². The van der Waals surface area contributed by atoms with E-state index in [0.717, 1.165) is 10.0 Å². The van der Waals surface area contributed by atoms with Gasteiger partial charge in [0.25, 0.3) is 5.91 Å². The standard InChI is InChI=1S/C20H16BrNO4S2/c1-2-16(19(24)25)26-13-7-5-6-12(10-13)11-17-18(23)22(20(27)28-17)15-9-4-3-8-14(15)21/h3-11,16H,2H2,1H3,(H,24,25)/b17-11+. The number of hydrogen-bond acceptors (Lipinski definition) is 5. The third-order valence-electron chi connectivity index (χ3n) is 3.97. The summed E-state index contributed by atoms with van der Waals surface area (Å²) in [4.78, 5) is 26.0. The van der Waals surface area contributed by atoms with E-state index in [1.54, 1.807) is 31.2 Å². The molecule has 1 heterocycles. The normalized spacial score (nSPS) is 16.5. The van der Waals surface area contributed by atoms with E-state index in [-0.39, 0.29) is 5.91 Å². The van der Waals surface area contributed by atoms with Gasteiger partial charge < -0.3 is 9.84 Å². The molecule has 5 nitrogen and oxygen atoms in total. The maximum Gasteiger partial charge on any atom is 0.344 e. The van der Waals surface area contributed by atoms with Crippen LogP contribution in [-0.2, 0) is 9.59 Å². The molecule has 1 unspecified atom stereocenters. The van der Waals surface area contributed by atoms with E-state index in [0.29, 0.717) is 27.1 Å². The van der Waals surface area contributed by atoms with Gasteiger partial charge in [0.05, 0.1) is 10.6 Å². The highest BCUT2D eigenvalue weighted by Crippen LogP contribution is 2.39. The Labute approximate surface area is 180 Å². The first-order chi connectivity index (χ1) is 13.4. The van der Waals surface area contributed by atoms with Crippen LogP contribution in [0.1, 0.15) is 18.9 Å². The average Bonchev–Trinajstić information content (AvgIpc) is 2.93. The first-order valence-corrected chi connectivity index (χ1v) is 10.4.